The van der Waals surface area contributed by atoms with Gasteiger partial charge in [-0.05, 0) is 19.3 Å². The molecule has 0 aromatic carbocycles. The molecule has 0 aliphatic carbocycles. The molecule has 5 nitrogen and oxygen atoms in total. The predicted octanol–water partition coefficient (Wildman–Crippen LogP) is 1.62. The molecule has 1 N–H and O–H groups in total. The van der Waals surface area contributed by atoms with Crippen LogP contribution in [0.15, 0.2) is 0 Å². The minimum absolute atomic E-state index is 0.0446. The Balaban J connectivity index is 5.08. The van der Waals surface area contributed by atoms with Crippen LogP contribution in [0.3, 0.4) is 0 Å². The van der Waals surface area contributed by atoms with Crippen LogP contribution in [0, 0.1) is 11.3 Å². The molecule has 0 aliphatic heterocycles. The molecule has 0 heterocycles. The van der Waals surface area contributed by atoms with Gasteiger partial charge in [-0.3, -0.25) is 9.59 Å². The zero-order valence-corrected chi connectivity index (χ0v) is 12.2. The van der Waals surface area contributed by atoms with Crippen LogP contribution in [-0.4, -0.2) is 48.2 Å². The van der Waals surface area contributed by atoms with E-state index in [9.17, 15) is 14.7 Å². The van der Waals surface area contributed by atoms with Crippen molar-refractivity contribution in [3.63, 3.8) is 0 Å². The van der Waals surface area contributed by atoms with Crippen LogP contribution in [-0.2, 0) is 14.3 Å². The number of hydrogen-bond donors (Lipinski definition) is 1. The van der Waals surface area contributed by atoms with Crippen LogP contribution in [0.5, 0.6) is 0 Å². The maximum atomic E-state index is 12.4. The van der Waals surface area contributed by atoms with Gasteiger partial charge in [0.25, 0.3) is 0 Å². The maximum absolute atomic E-state index is 12.4. The van der Waals surface area contributed by atoms with Gasteiger partial charge in [-0.25, -0.2) is 0 Å². The SMILES string of the molecule is COCCN(C(=O)C(C(=O)O)C(C)(C)C)C(C)C. The van der Waals surface area contributed by atoms with Crippen molar-refractivity contribution >= 4 is 11.9 Å². The van der Waals surface area contributed by atoms with Crippen LogP contribution < -0.4 is 0 Å². The van der Waals surface area contributed by atoms with Gasteiger partial charge in [-0.1, -0.05) is 20.8 Å². The van der Waals surface area contributed by atoms with Gasteiger partial charge < -0.3 is 14.7 Å². The molecule has 0 bridgehead atoms. The Labute approximate surface area is 109 Å². The molecule has 0 rings (SSSR count). The summed E-state index contributed by atoms with van der Waals surface area (Å²) in [5, 5.41) is 9.26. The molecule has 0 aromatic rings. The van der Waals surface area contributed by atoms with E-state index in [1.165, 1.54) is 0 Å². The fourth-order valence-corrected chi connectivity index (χ4v) is 1.82. The van der Waals surface area contributed by atoms with E-state index in [4.69, 9.17) is 4.74 Å². The first-order valence-corrected chi connectivity index (χ1v) is 6.15. The van der Waals surface area contributed by atoms with Crippen molar-refractivity contribution in [2.45, 2.75) is 40.7 Å². The minimum Gasteiger partial charge on any atom is -0.481 e. The van der Waals surface area contributed by atoms with E-state index < -0.39 is 17.3 Å². The average molecular weight is 259 g/mol. The highest BCUT2D eigenvalue weighted by Gasteiger charge is 2.40. The van der Waals surface area contributed by atoms with Crippen LogP contribution in [0.25, 0.3) is 0 Å². The van der Waals surface area contributed by atoms with Crippen molar-refractivity contribution < 1.29 is 19.4 Å². The molecule has 106 valence electrons. The molecule has 18 heavy (non-hydrogen) atoms. The summed E-state index contributed by atoms with van der Waals surface area (Å²) < 4.78 is 4.96. The Kier molecular flexibility index (Phi) is 6.32. The number of carboxylic acid groups (broad SMARTS) is 1. The Hall–Kier alpha value is -1.10. The monoisotopic (exact) mass is 259 g/mol. The summed E-state index contributed by atoms with van der Waals surface area (Å²) in [6, 6.07) is -0.0446. The number of rotatable bonds is 6. The molecular weight excluding hydrogens is 234 g/mol. The van der Waals surface area contributed by atoms with Crippen LogP contribution in [0.2, 0.25) is 0 Å². The van der Waals surface area contributed by atoms with Crippen LogP contribution >= 0.6 is 0 Å². The van der Waals surface area contributed by atoms with Gasteiger partial charge in [0.05, 0.1) is 6.61 Å². The summed E-state index contributed by atoms with van der Waals surface area (Å²) >= 11 is 0. The van der Waals surface area contributed by atoms with Gasteiger partial charge in [-0.15, -0.1) is 0 Å². The average Bonchev–Trinajstić information content (AvgIpc) is 2.14. The largest absolute Gasteiger partial charge is 0.481 e. The number of hydrogen-bond acceptors (Lipinski definition) is 3. The first kappa shape index (κ1) is 16.9. The zero-order valence-electron chi connectivity index (χ0n) is 12.2. The normalized spacial score (nSPS) is 13.5. The molecule has 0 aromatic heterocycles. The van der Waals surface area contributed by atoms with Gasteiger partial charge >= 0.3 is 5.97 Å². The Morgan fingerprint density at radius 2 is 1.78 bits per heavy atom. The third-order valence-electron chi connectivity index (χ3n) is 2.80. The molecular formula is C13H25NO4. The van der Waals surface area contributed by atoms with Crippen molar-refractivity contribution in [2.75, 3.05) is 20.3 Å². The highest BCUT2D eigenvalue weighted by Crippen LogP contribution is 2.28. The highest BCUT2D eigenvalue weighted by atomic mass is 16.5. The molecule has 1 atom stereocenters. The summed E-state index contributed by atoms with van der Waals surface area (Å²) in [7, 11) is 1.56. The molecule has 0 radical (unpaired) electrons. The van der Waals surface area contributed by atoms with Gasteiger partial charge in [0.1, 0.15) is 5.92 Å². The summed E-state index contributed by atoms with van der Waals surface area (Å²) in [5.41, 5.74) is -0.608. The summed E-state index contributed by atoms with van der Waals surface area (Å²) in [4.78, 5) is 25.2. The second-order valence-corrected chi connectivity index (χ2v) is 5.76. The fraction of sp³-hybridized carbons (Fsp3) is 0.846. The molecule has 0 saturated heterocycles. The number of ether oxygens (including phenoxy) is 1. The van der Waals surface area contributed by atoms with E-state index in [0.717, 1.165) is 0 Å². The fourth-order valence-electron chi connectivity index (χ4n) is 1.82. The number of carboxylic acids is 1. The second-order valence-electron chi connectivity index (χ2n) is 5.76. The number of aliphatic carboxylic acids is 1. The highest BCUT2D eigenvalue weighted by molar-refractivity contribution is 5.97. The second kappa shape index (κ2) is 6.73. The van der Waals surface area contributed by atoms with Crippen LogP contribution in [0.1, 0.15) is 34.6 Å². The third kappa shape index (κ3) is 4.64. The quantitative estimate of drug-likeness (QED) is 0.736. The van der Waals surface area contributed by atoms with Gasteiger partial charge in [-0.2, -0.15) is 0 Å². The van der Waals surface area contributed by atoms with Crippen molar-refractivity contribution in [1.29, 1.82) is 0 Å². The van der Waals surface area contributed by atoms with Crippen molar-refractivity contribution in [3.05, 3.63) is 0 Å². The molecule has 0 aliphatic rings. The number of amides is 1. The summed E-state index contributed by atoms with van der Waals surface area (Å²) in [5.74, 6) is -2.45. The number of nitrogens with zero attached hydrogens (tertiary/aromatic N) is 1. The number of methoxy groups -OCH3 is 1. The zero-order chi connectivity index (χ0) is 14.5. The molecule has 0 spiro atoms. The van der Waals surface area contributed by atoms with Crippen molar-refractivity contribution in [1.82, 2.24) is 4.90 Å². The topological polar surface area (TPSA) is 66.8 Å². The molecule has 1 unspecified atom stereocenters. The minimum atomic E-state index is -1.07. The third-order valence-corrected chi connectivity index (χ3v) is 2.80. The van der Waals surface area contributed by atoms with E-state index in [2.05, 4.69) is 0 Å². The van der Waals surface area contributed by atoms with Crippen LogP contribution in [0.4, 0.5) is 0 Å². The maximum Gasteiger partial charge on any atom is 0.316 e. The standard InChI is InChI=1S/C13H25NO4/c1-9(2)14(7-8-18-6)11(15)10(12(16)17)13(3,4)5/h9-10H,7-8H2,1-6H3,(H,16,17). The smallest absolute Gasteiger partial charge is 0.316 e. The van der Waals surface area contributed by atoms with E-state index in [1.54, 1.807) is 32.8 Å². The van der Waals surface area contributed by atoms with Crippen molar-refractivity contribution in [2.24, 2.45) is 11.3 Å². The van der Waals surface area contributed by atoms with Gasteiger partial charge in [0.15, 0.2) is 0 Å². The number of carbonyl (C=O) groups excluding carboxylic acids is 1. The molecule has 0 saturated carbocycles. The Bertz CT molecular complexity index is 294. The van der Waals surface area contributed by atoms with E-state index in [0.29, 0.717) is 13.2 Å². The lowest BCUT2D eigenvalue weighted by atomic mass is 9.79. The lowest BCUT2D eigenvalue weighted by Crippen LogP contribution is -2.48. The Morgan fingerprint density at radius 3 is 2.06 bits per heavy atom. The lowest BCUT2D eigenvalue weighted by Gasteiger charge is -2.34. The van der Waals surface area contributed by atoms with E-state index in [-0.39, 0.29) is 11.9 Å². The Morgan fingerprint density at radius 1 is 1.28 bits per heavy atom. The van der Waals surface area contributed by atoms with E-state index >= 15 is 0 Å². The molecule has 1 amide bonds. The molecule has 5 heteroatoms. The summed E-state index contributed by atoms with van der Waals surface area (Å²) in [6.45, 7) is 9.84. The van der Waals surface area contributed by atoms with E-state index in [1.807, 2.05) is 13.8 Å². The van der Waals surface area contributed by atoms with Gasteiger partial charge in [0.2, 0.25) is 5.91 Å². The van der Waals surface area contributed by atoms with Crippen molar-refractivity contribution in [3.8, 4) is 0 Å². The lowest BCUT2D eigenvalue weighted by molar-refractivity contribution is -0.157. The first-order valence-electron chi connectivity index (χ1n) is 6.15. The molecule has 0 fully saturated rings. The predicted molar refractivity (Wildman–Crippen MR) is 69.3 cm³/mol. The van der Waals surface area contributed by atoms with Gasteiger partial charge in [0, 0.05) is 19.7 Å². The summed E-state index contributed by atoms with van der Waals surface area (Å²) in [6.07, 6.45) is 0. The first-order chi connectivity index (χ1) is 8.12. The number of carbonyl (C=O) groups is 2.